The minimum Gasteiger partial charge on any atom is -0.299 e. The van der Waals surface area contributed by atoms with Crippen LogP contribution in [0, 0.1) is 34.5 Å². The van der Waals surface area contributed by atoms with Gasteiger partial charge in [0.15, 0.2) is 0 Å². The highest BCUT2D eigenvalue weighted by Crippen LogP contribution is 2.61. The number of ketones is 1. The maximum absolute atomic E-state index is 12.9. The zero-order valence-corrected chi connectivity index (χ0v) is 14.1. The van der Waals surface area contributed by atoms with Gasteiger partial charge < -0.3 is 0 Å². The van der Waals surface area contributed by atoms with Crippen LogP contribution in [0.3, 0.4) is 0 Å². The van der Waals surface area contributed by atoms with Crippen LogP contribution in [0.2, 0.25) is 0 Å². The molecule has 0 aromatic heterocycles. The lowest BCUT2D eigenvalue weighted by atomic mass is 9.55. The molecule has 4 rings (SSSR count). The summed E-state index contributed by atoms with van der Waals surface area (Å²) in [7, 11) is 0. The number of hydrogen-bond donors (Lipinski definition) is 0. The first kappa shape index (κ1) is 14.9. The first-order valence-corrected chi connectivity index (χ1v) is 9.16. The average Bonchev–Trinajstić information content (AvgIpc) is 2.85. The highest BCUT2D eigenvalue weighted by molar-refractivity contribution is 5.89. The van der Waals surface area contributed by atoms with E-state index in [-0.39, 0.29) is 11.3 Å². The Morgan fingerprint density at radius 3 is 2.91 bits per heavy atom. The van der Waals surface area contributed by atoms with Gasteiger partial charge in [0.2, 0.25) is 0 Å². The fourth-order valence-electron chi connectivity index (χ4n) is 6.02. The zero-order valence-electron chi connectivity index (χ0n) is 14.1. The summed E-state index contributed by atoms with van der Waals surface area (Å²) in [6, 6.07) is 8.61. The number of fused-ring (bicyclic) bond motifs is 5. The molecule has 0 bridgehead atoms. The number of carbonyl (C=O) groups excluding carboxylic acids is 1. The summed E-state index contributed by atoms with van der Waals surface area (Å²) in [6.07, 6.45) is 6.40. The number of hydrogen-bond acceptors (Lipinski definition) is 2. The van der Waals surface area contributed by atoms with Crippen LogP contribution in [0.5, 0.6) is 0 Å². The Balaban J connectivity index is 1.73. The maximum atomic E-state index is 12.9. The third-order valence-electron chi connectivity index (χ3n) is 7.25. The smallest absolute Gasteiger partial charge is 0.142 e. The lowest BCUT2D eigenvalue weighted by Gasteiger charge is -2.48. The Bertz CT molecular complexity index is 700. The first-order chi connectivity index (χ1) is 11.1. The second-order valence-corrected chi connectivity index (χ2v) is 8.06. The normalized spacial score (nSPS) is 38.4. The number of Topliss-reactive ketones (excluding diaryl/α,β-unsaturated/α-hetero) is 1. The summed E-state index contributed by atoms with van der Waals surface area (Å²) in [6.45, 7) is 4.41. The molecule has 1 aromatic carbocycles. The van der Waals surface area contributed by atoms with Crippen LogP contribution in [-0.2, 0) is 11.2 Å². The molecule has 3 aliphatic rings. The Morgan fingerprint density at radius 1 is 1.35 bits per heavy atom. The van der Waals surface area contributed by atoms with Gasteiger partial charge in [0.05, 0.1) is 11.6 Å². The second kappa shape index (κ2) is 5.20. The lowest BCUT2D eigenvalue weighted by Crippen LogP contribution is -2.42. The van der Waals surface area contributed by atoms with Crippen molar-refractivity contribution in [3.63, 3.8) is 0 Å². The van der Waals surface area contributed by atoms with Gasteiger partial charge in [-0.2, -0.15) is 5.26 Å². The minimum absolute atomic E-state index is 0.0772. The molecule has 5 atom stereocenters. The molecule has 2 fully saturated rings. The highest BCUT2D eigenvalue weighted by atomic mass is 16.1. The summed E-state index contributed by atoms with van der Waals surface area (Å²) in [5, 5.41) is 9.39. The molecule has 0 heterocycles. The van der Waals surface area contributed by atoms with Crippen LogP contribution in [0.4, 0.5) is 0 Å². The predicted molar refractivity (Wildman–Crippen MR) is 89.9 cm³/mol. The van der Waals surface area contributed by atoms with Gasteiger partial charge in [-0.3, -0.25) is 4.79 Å². The molecule has 1 unspecified atom stereocenters. The van der Waals surface area contributed by atoms with E-state index in [0.29, 0.717) is 23.5 Å². The molecule has 0 spiro atoms. The van der Waals surface area contributed by atoms with E-state index in [1.54, 1.807) is 0 Å². The number of nitriles is 1. The standard InChI is InChI=1S/C21H25NO/c1-3-13-11-19-18-8-7-15-14(12-22)5-4-6-16(15)17(18)9-10-21(19,2)20(13)23/h4-6,13,17-19H,3,7-11H2,1-2H3/t13?,17-,18-,19+,21+/m1/s1. The fraction of sp³-hybridized carbons (Fsp3) is 0.619. The monoisotopic (exact) mass is 307 g/mol. The quantitative estimate of drug-likeness (QED) is 0.759. The van der Waals surface area contributed by atoms with Gasteiger partial charge >= 0.3 is 0 Å². The van der Waals surface area contributed by atoms with Gasteiger partial charge in [0.1, 0.15) is 5.78 Å². The molecule has 0 radical (unpaired) electrons. The lowest BCUT2D eigenvalue weighted by molar-refractivity contribution is -0.132. The van der Waals surface area contributed by atoms with Crippen molar-refractivity contribution >= 4 is 5.78 Å². The molecule has 120 valence electrons. The van der Waals surface area contributed by atoms with E-state index >= 15 is 0 Å². The molecule has 0 amide bonds. The van der Waals surface area contributed by atoms with E-state index in [9.17, 15) is 10.1 Å². The van der Waals surface area contributed by atoms with E-state index < -0.39 is 0 Å². The molecule has 0 N–H and O–H groups in total. The average molecular weight is 307 g/mol. The SMILES string of the molecule is CCC1C[C@H]2[C@@H]3CCc4c(C#N)cccc4[C@H]3CC[C@]2(C)C1=O. The van der Waals surface area contributed by atoms with E-state index in [2.05, 4.69) is 26.0 Å². The molecule has 23 heavy (non-hydrogen) atoms. The van der Waals surface area contributed by atoms with Crippen molar-refractivity contribution in [2.45, 2.75) is 58.3 Å². The molecule has 0 saturated heterocycles. The Morgan fingerprint density at radius 2 is 2.17 bits per heavy atom. The number of rotatable bonds is 1. The Labute approximate surface area is 138 Å². The van der Waals surface area contributed by atoms with E-state index in [1.807, 2.05) is 12.1 Å². The molecule has 2 heteroatoms. The van der Waals surface area contributed by atoms with Crippen molar-refractivity contribution < 1.29 is 4.79 Å². The number of benzene rings is 1. The first-order valence-electron chi connectivity index (χ1n) is 9.16. The van der Waals surface area contributed by atoms with Gasteiger partial charge in [-0.1, -0.05) is 26.0 Å². The fourth-order valence-corrected chi connectivity index (χ4v) is 6.02. The minimum atomic E-state index is -0.0772. The van der Waals surface area contributed by atoms with Crippen LogP contribution in [0.25, 0.3) is 0 Å². The molecular weight excluding hydrogens is 282 g/mol. The second-order valence-electron chi connectivity index (χ2n) is 8.06. The molecule has 3 aliphatic carbocycles. The Hall–Kier alpha value is -1.62. The summed E-state index contributed by atoms with van der Waals surface area (Å²) in [5.41, 5.74) is 3.49. The van der Waals surface area contributed by atoms with Crippen LogP contribution in [-0.4, -0.2) is 5.78 Å². The molecule has 1 aromatic rings. The van der Waals surface area contributed by atoms with E-state index in [4.69, 9.17) is 0 Å². The summed E-state index contributed by atoms with van der Waals surface area (Å²) in [5.74, 6) is 2.58. The highest BCUT2D eigenvalue weighted by Gasteiger charge is 2.57. The Kier molecular flexibility index (Phi) is 3.38. The molecule has 2 nitrogen and oxygen atoms in total. The van der Waals surface area contributed by atoms with Crippen molar-refractivity contribution in [3.05, 3.63) is 34.9 Å². The third-order valence-corrected chi connectivity index (χ3v) is 7.25. The summed E-state index contributed by atoms with van der Waals surface area (Å²) in [4.78, 5) is 12.9. The topological polar surface area (TPSA) is 40.9 Å². The maximum Gasteiger partial charge on any atom is 0.142 e. The van der Waals surface area contributed by atoms with Gasteiger partial charge in [-0.25, -0.2) is 0 Å². The van der Waals surface area contributed by atoms with Crippen LogP contribution in [0.15, 0.2) is 18.2 Å². The predicted octanol–water partition coefficient (Wildman–Crippen LogP) is 4.62. The number of carbonyl (C=O) groups is 1. The summed E-state index contributed by atoms with van der Waals surface area (Å²) < 4.78 is 0. The van der Waals surface area contributed by atoms with E-state index in [1.165, 1.54) is 11.1 Å². The van der Waals surface area contributed by atoms with E-state index in [0.717, 1.165) is 44.1 Å². The van der Waals surface area contributed by atoms with Crippen molar-refractivity contribution in [1.82, 2.24) is 0 Å². The van der Waals surface area contributed by atoms with Crippen LogP contribution < -0.4 is 0 Å². The van der Waals surface area contributed by atoms with Gasteiger partial charge in [-0.15, -0.1) is 0 Å². The molecule has 2 saturated carbocycles. The van der Waals surface area contributed by atoms with Gasteiger partial charge in [0.25, 0.3) is 0 Å². The van der Waals surface area contributed by atoms with Crippen molar-refractivity contribution in [1.29, 1.82) is 5.26 Å². The van der Waals surface area contributed by atoms with Gasteiger partial charge in [-0.05, 0) is 73.5 Å². The zero-order chi connectivity index (χ0) is 16.2. The van der Waals surface area contributed by atoms with Crippen molar-refractivity contribution in [2.24, 2.45) is 23.2 Å². The largest absolute Gasteiger partial charge is 0.299 e. The van der Waals surface area contributed by atoms with Crippen LogP contribution >= 0.6 is 0 Å². The van der Waals surface area contributed by atoms with Crippen molar-refractivity contribution in [2.75, 3.05) is 0 Å². The molecular formula is C21H25NO. The summed E-state index contributed by atoms with van der Waals surface area (Å²) >= 11 is 0. The number of nitrogens with zero attached hydrogens (tertiary/aromatic N) is 1. The molecule has 0 aliphatic heterocycles. The van der Waals surface area contributed by atoms with Crippen LogP contribution in [0.1, 0.15) is 68.6 Å². The third kappa shape index (κ3) is 1.95. The van der Waals surface area contributed by atoms with Crippen molar-refractivity contribution in [3.8, 4) is 6.07 Å². The van der Waals surface area contributed by atoms with Gasteiger partial charge in [0, 0.05) is 11.3 Å².